The summed E-state index contributed by atoms with van der Waals surface area (Å²) in [6.07, 6.45) is 1.20. The summed E-state index contributed by atoms with van der Waals surface area (Å²) in [5.41, 5.74) is -2.38. The molecule has 5 rings (SSSR count). The molecule has 1 aromatic heterocycles. The van der Waals surface area contributed by atoms with E-state index in [-0.39, 0.29) is 46.0 Å². The van der Waals surface area contributed by atoms with Crippen molar-refractivity contribution in [3.05, 3.63) is 40.3 Å². The average Bonchev–Trinajstić information content (AvgIpc) is 3.08. The van der Waals surface area contributed by atoms with Crippen LogP contribution in [0, 0.1) is 41.4 Å². The van der Waals surface area contributed by atoms with Crippen molar-refractivity contribution in [2.24, 2.45) is 34.5 Å². The second kappa shape index (κ2) is 7.85. The normalized spacial score (nSPS) is 40.6. The molecule has 1 spiro atoms. The molecule has 0 aromatic carbocycles. The van der Waals surface area contributed by atoms with Crippen LogP contribution >= 0.6 is 0 Å². The quantitative estimate of drug-likeness (QED) is 0.426. The lowest BCUT2D eigenvalue weighted by Gasteiger charge is -2.48. The second-order valence-electron chi connectivity index (χ2n) is 12.3. The zero-order chi connectivity index (χ0) is 26.5. The fraction of sp³-hybridized carbons (Fsp3) is 0.679. The van der Waals surface area contributed by atoms with Crippen molar-refractivity contribution in [2.75, 3.05) is 6.61 Å². The maximum absolute atomic E-state index is 14.4. The molecule has 2 fully saturated rings. The summed E-state index contributed by atoms with van der Waals surface area (Å²) in [6.45, 7) is 12.8. The van der Waals surface area contributed by atoms with Crippen molar-refractivity contribution in [2.45, 2.75) is 78.6 Å². The topological polar surface area (TPSA) is 130 Å². The van der Waals surface area contributed by atoms with Gasteiger partial charge in [0.15, 0.2) is 17.5 Å². The third kappa shape index (κ3) is 2.95. The van der Waals surface area contributed by atoms with Crippen molar-refractivity contribution in [1.29, 1.82) is 0 Å². The summed E-state index contributed by atoms with van der Waals surface area (Å²) < 4.78 is 11.2. The predicted molar refractivity (Wildman–Crippen MR) is 130 cm³/mol. The van der Waals surface area contributed by atoms with Crippen molar-refractivity contribution in [3.63, 3.8) is 0 Å². The first-order valence-corrected chi connectivity index (χ1v) is 12.9. The minimum atomic E-state index is -2.17. The van der Waals surface area contributed by atoms with Crippen LogP contribution in [0.3, 0.4) is 0 Å². The number of aliphatic hydroxyl groups is 3. The van der Waals surface area contributed by atoms with Crippen molar-refractivity contribution >= 4 is 11.8 Å². The molecule has 0 unspecified atom stereocenters. The van der Waals surface area contributed by atoms with E-state index in [1.54, 1.807) is 26.0 Å². The first kappa shape index (κ1) is 25.4. The number of allylic oxidation sites excluding steroid dienone is 1. The van der Waals surface area contributed by atoms with Gasteiger partial charge in [-0.05, 0) is 60.5 Å². The lowest BCUT2D eigenvalue weighted by atomic mass is 9.59. The Morgan fingerprint density at radius 1 is 1.31 bits per heavy atom. The number of aryl methyl sites for hydroxylation is 1. The number of hydrogen-bond acceptors (Lipinski definition) is 8. The first-order valence-electron chi connectivity index (χ1n) is 12.9. The fourth-order valence-corrected chi connectivity index (χ4v) is 7.79. The summed E-state index contributed by atoms with van der Waals surface area (Å²) in [7, 11) is 0. The molecule has 4 aliphatic rings. The highest BCUT2D eigenvalue weighted by Gasteiger charge is 2.76. The van der Waals surface area contributed by atoms with Gasteiger partial charge in [-0.3, -0.25) is 4.79 Å². The molecule has 0 aliphatic heterocycles. The van der Waals surface area contributed by atoms with Gasteiger partial charge in [-0.25, -0.2) is 4.79 Å². The fourth-order valence-electron chi connectivity index (χ4n) is 7.79. The van der Waals surface area contributed by atoms with Gasteiger partial charge in [0.2, 0.25) is 0 Å². The number of carbonyl (C=O) groups excluding carboxylic acids is 2. The Labute approximate surface area is 211 Å². The number of rotatable bonds is 4. The molecule has 36 heavy (non-hydrogen) atoms. The molecule has 0 saturated heterocycles. The van der Waals surface area contributed by atoms with E-state index in [2.05, 4.69) is 19.0 Å². The monoisotopic (exact) mass is 499 g/mol. The maximum atomic E-state index is 14.4. The van der Waals surface area contributed by atoms with Gasteiger partial charge in [-0.15, -0.1) is 0 Å². The number of carbonyl (C=O) groups is 2. The summed E-state index contributed by atoms with van der Waals surface area (Å²) in [5.74, 6) is -1.26. The van der Waals surface area contributed by atoms with E-state index in [0.29, 0.717) is 23.4 Å². The number of Topliss-reactive ketones (excluding diaryl/α,β-unsaturated/α-hetero) is 1. The van der Waals surface area contributed by atoms with Gasteiger partial charge < -0.3 is 24.6 Å². The summed E-state index contributed by atoms with van der Waals surface area (Å²) in [4.78, 5) is 27.9. The van der Waals surface area contributed by atoms with Crippen LogP contribution < -0.4 is 0 Å². The molecule has 4 aliphatic carbocycles. The van der Waals surface area contributed by atoms with Gasteiger partial charge in [0.25, 0.3) is 0 Å². The Hall–Kier alpha value is -2.29. The Morgan fingerprint density at radius 2 is 1.97 bits per heavy atom. The smallest absolute Gasteiger partial charge is 0.344 e. The Kier molecular flexibility index (Phi) is 5.53. The number of fused-ring (bicyclic) bond motifs is 3. The highest BCUT2D eigenvalue weighted by molar-refractivity contribution is 5.96. The first-order chi connectivity index (χ1) is 16.7. The maximum Gasteiger partial charge on any atom is 0.344 e. The number of ketones is 1. The molecule has 8 nitrogen and oxygen atoms in total. The van der Waals surface area contributed by atoms with Crippen molar-refractivity contribution in [3.8, 4) is 0 Å². The van der Waals surface area contributed by atoms with Gasteiger partial charge in [0.1, 0.15) is 23.1 Å². The zero-order valence-corrected chi connectivity index (χ0v) is 22.0. The summed E-state index contributed by atoms with van der Waals surface area (Å²) in [6, 6.07) is 0. The van der Waals surface area contributed by atoms with E-state index in [1.165, 1.54) is 0 Å². The third-order valence-corrected chi connectivity index (χ3v) is 9.76. The van der Waals surface area contributed by atoms with Gasteiger partial charge in [0.05, 0.1) is 12.0 Å². The number of aliphatic hydroxyl groups excluding tert-OH is 2. The van der Waals surface area contributed by atoms with Crippen LogP contribution in [0.5, 0.6) is 0 Å². The van der Waals surface area contributed by atoms with E-state index in [0.717, 1.165) is 0 Å². The number of ether oxygens (including phenoxy) is 1. The van der Waals surface area contributed by atoms with Crippen LogP contribution in [-0.2, 0) is 9.53 Å². The van der Waals surface area contributed by atoms with Crippen molar-refractivity contribution in [1.82, 2.24) is 5.16 Å². The lowest BCUT2D eigenvalue weighted by Crippen LogP contribution is -2.65. The summed E-state index contributed by atoms with van der Waals surface area (Å²) in [5, 5.41) is 38.3. The van der Waals surface area contributed by atoms with E-state index >= 15 is 0 Å². The Balaban J connectivity index is 1.64. The van der Waals surface area contributed by atoms with Crippen LogP contribution in [0.2, 0.25) is 0 Å². The number of hydrogen-bond donors (Lipinski definition) is 3. The summed E-state index contributed by atoms with van der Waals surface area (Å²) >= 11 is 0. The highest BCUT2D eigenvalue weighted by Crippen LogP contribution is 2.71. The van der Waals surface area contributed by atoms with Crippen LogP contribution in [-0.4, -0.2) is 56.6 Å². The molecule has 0 radical (unpaired) electrons. The van der Waals surface area contributed by atoms with E-state index in [1.807, 2.05) is 20.8 Å². The SMILES string of the molecule is CC1=C[C@]23C(=O)[C@@H](C=C(CO)[C@@H](O)[C@]2(O)[C@H]1OC(=O)c1c(C(C)C)noc1C)[C@H]1[C@@H](C[C@H]3C)C1(C)C. The minimum Gasteiger partial charge on any atom is -0.451 e. The molecule has 8 heteroatoms. The molecular weight excluding hydrogens is 462 g/mol. The molecular formula is C28H37NO7. The predicted octanol–water partition coefficient (Wildman–Crippen LogP) is 3.10. The number of nitrogens with zero attached hydrogens (tertiary/aromatic N) is 1. The molecule has 2 saturated carbocycles. The Bertz CT molecular complexity index is 1190. The van der Waals surface area contributed by atoms with E-state index < -0.39 is 41.7 Å². The molecule has 196 valence electrons. The largest absolute Gasteiger partial charge is 0.451 e. The Morgan fingerprint density at radius 3 is 2.58 bits per heavy atom. The average molecular weight is 500 g/mol. The number of aromatic nitrogens is 1. The number of esters is 1. The van der Waals surface area contributed by atoms with E-state index in [4.69, 9.17) is 9.26 Å². The third-order valence-electron chi connectivity index (χ3n) is 9.76. The van der Waals surface area contributed by atoms with E-state index in [9.17, 15) is 24.9 Å². The van der Waals surface area contributed by atoms with Gasteiger partial charge in [-0.2, -0.15) is 0 Å². The zero-order valence-electron chi connectivity index (χ0n) is 22.0. The molecule has 0 amide bonds. The van der Waals surface area contributed by atoms with Gasteiger partial charge in [0, 0.05) is 5.92 Å². The minimum absolute atomic E-state index is 0.0526. The van der Waals surface area contributed by atoms with Crippen molar-refractivity contribution < 1.29 is 34.2 Å². The van der Waals surface area contributed by atoms with Crippen LogP contribution in [0.4, 0.5) is 0 Å². The molecule has 1 heterocycles. The van der Waals surface area contributed by atoms with Gasteiger partial charge in [-0.1, -0.05) is 51.9 Å². The second-order valence-corrected chi connectivity index (χ2v) is 12.3. The molecule has 2 bridgehead atoms. The van der Waals surface area contributed by atoms with Crippen LogP contribution in [0.25, 0.3) is 0 Å². The highest BCUT2D eigenvalue weighted by atomic mass is 16.6. The molecule has 3 N–H and O–H groups in total. The van der Waals surface area contributed by atoms with Crippen LogP contribution in [0.1, 0.15) is 75.7 Å². The van der Waals surface area contributed by atoms with Gasteiger partial charge >= 0.3 is 5.97 Å². The standard InChI is InChI=1S/C28H37NO7/c1-12(2)21-19(15(5)36-29-21)25(33)35-24-13(3)10-27-14(4)8-18-20(26(18,6)7)17(23(27)32)9-16(11-30)22(31)28(24,27)34/h9-10,12,14,17-18,20,22,24,30-31,34H,8,11H2,1-7H3/t14-,17+,18-,20+,22-,24+,27+,28+/m1/s1. The van der Waals surface area contributed by atoms with Crippen LogP contribution in [0.15, 0.2) is 27.8 Å². The lowest BCUT2D eigenvalue weighted by molar-refractivity contribution is -0.190. The molecule has 1 aromatic rings. The molecule has 8 atom stereocenters.